The van der Waals surface area contributed by atoms with Crippen LogP contribution < -0.4 is 0 Å². The smallest absolute Gasteiger partial charge is 0.253 e. The Bertz CT molecular complexity index is 783. The summed E-state index contributed by atoms with van der Waals surface area (Å²) in [5.41, 5.74) is 2.72. The lowest BCUT2D eigenvalue weighted by Crippen LogP contribution is -2.29. The van der Waals surface area contributed by atoms with E-state index in [1.54, 1.807) is 6.07 Å². The molecule has 4 heteroatoms. The van der Waals surface area contributed by atoms with Crippen LogP contribution in [0, 0.1) is 5.82 Å². The van der Waals surface area contributed by atoms with Crippen LogP contribution in [0.15, 0.2) is 48.5 Å². The normalized spacial score (nSPS) is 20.8. The highest BCUT2D eigenvalue weighted by Crippen LogP contribution is 2.29. The topological polar surface area (TPSA) is 23.6 Å². The molecule has 2 heterocycles. The Labute approximate surface area is 160 Å². The summed E-state index contributed by atoms with van der Waals surface area (Å²) in [4.78, 5) is 17.2. The Morgan fingerprint density at radius 2 is 1.70 bits per heavy atom. The van der Waals surface area contributed by atoms with Gasteiger partial charge >= 0.3 is 0 Å². The molecule has 2 aromatic carbocycles. The molecule has 0 aromatic heterocycles. The molecule has 142 valence electrons. The summed E-state index contributed by atoms with van der Waals surface area (Å²) in [5.74, 6) is -0.0225. The van der Waals surface area contributed by atoms with Gasteiger partial charge in [-0.05, 0) is 61.7 Å². The summed E-state index contributed by atoms with van der Waals surface area (Å²) in [6.07, 6.45) is 4.73. The van der Waals surface area contributed by atoms with Crippen LogP contribution in [-0.2, 0) is 6.54 Å². The number of rotatable bonds is 4. The number of carbonyl (C=O) groups is 1. The van der Waals surface area contributed by atoms with Gasteiger partial charge < -0.3 is 4.90 Å². The van der Waals surface area contributed by atoms with Crippen LogP contribution in [0.4, 0.5) is 4.39 Å². The molecular weight excluding hydrogens is 339 g/mol. The van der Waals surface area contributed by atoms with Crippen molar-refractivity contribution >= 4 is 5.91 Å². The van der Waals surface area contributed by atoms with Gasteiger partial charge in [-0.25, -0.2) is 4.39 Å². The maximum Gasteiger partial charge on any atom is 0.253 e. The number of hydrogen-bond acceptors (Lipinski definition) is 2. The van der Waals surface area contributed by atoms with E-state index in [9.17, 15) is 9.18 Å². The van der Waals surface area contributed by atoms with Crippen molar-refractivity contribution in [1.29, 1.82) is 0 Å². The number of piperidine rings is 1. The minimum atomic E-state index is -0.168. The number of nitrogens with zero attached hydrogens (tertiary/aromatic N) is 2. The van der Waals surface area contributed by atoms with Crippen molar-refractivity contribution in [3.05, 3.63) is 71.0 Å². The minimum absolute atomic E-state index is 0.0540. The fraction of sp³-hybridized carbons (Fsp3) is 0.435. The van der Waals surface area contributed by atoms with Crippen molar-refractivity contribution in [2.24, 2.45) is 0 Å². The van der Waals surface area contributed by atoms with Gasteiger partial charge in [0.2, 0.25) is 0 Å². The molecule has 0 aliphatic carbocycles. The van der Waals surface area contributed by atoms with Gasteiger partial charge in [-0.1, -0.05) is 36.8 Å². The number of amides is 1. The van der Waals surface area contributed by atoms with Gasteiger partial charge in [-0.15, -0.1) is 0 Å². The van der Waals surface area contributed by atoms with Crippen molar-refractivity contribution in [1.82, 2.24) is 9.80 Å². The number of halogens is 1. The second-order valence-electron chi connectivity index (χ2n) is 7.79. The second-order valence-corrected chi connectivity index (χ2v) is 7.79. The molecule has 1 amide bonds. The third kappa shape index (κ3) is 4.22. The molecule has 0 radical (unpaired) electrons. The highest BCUT2D eigenvalue weighted by molar-refractivity contribution is 5.94. The number of benzene rings is 2. The summed E-state index contributed by atoms with van der Waals surface area (Å²) >= 11 is 0. The molecule has 4 rings (SSSR count). The Balaban J connectivity index is 1.37. The first-order valence-electron chi connectivity index (χ1n) is 10.1. The third-order valence-corrected chi connectivity index (χ3v) is 5.88. The predicted octanol–water partition coefficient (Wildman–Crippen LogP) is 4.44. The first-order chi connectivity index (χ1) is 13.2. The van der Waals surface area contributed by atoms with E-state index < -0.39 is 0 Å². The summed E-state index contributed by atoms with van der Waals surface area (Å²) < 4.78 is 14.0. The molecule has 27 heavy (non-hydrogen) atoms. The van der Waals surface area contributed by atoms with Crippen molar-refractivity contribution in [3.63, 3.8) is 0 Å². The maximum atomic E-state index is 14.0. The lowest BCUT2D eigenvalue weighted by atomic mass is 9.98. The van der Waals surface area contributed by atoms with Crippen LogP contribution in [0.5, 0.6) is 0 Å². The quantitative estimate of drug-likeness (QED) is 0.799. The first-order valence-corrected chi connectivity index (χ1v) is 10.1. The largest absolute Gasteiger partial charge is 0.338 e. The SMILES string of the molecule is O=C(c1ccc(CN2CCCCC2)cc1)N1CC[C@@H](c2ccccc2F)C1. The molecule has 2 aliphatic heterocycles. The van der Waals surface area contributed by atoms with Crippen molar-refractivity contribution < 1.29 is 9.18 Å². The molecule has 3 nitrogen and oxygen atoms in total. The van der Waals surface area contributed by atoms with Gasteiger partial charge in [0.25, 0.3) is 5.91 Å². The molecule has 0 N–H and O–H groups in total. The molecule has 0 bridgehead atoms. The summed E-state index contributed by atoms with van der Waals surface area (Å²) in [7, 11) is 0. The molecule has 0 spiro atoms. The predicted molar refractivity (Wildman–Crippen MR) is 105 cm³/mol. The van der Waals surface area contributed by atoms with E-state index in [0.29, 0.717) is 13.1 Å². The standard InChI is InChI=1S/C23H27FN2O/c24-22-7-3-2-6-21(22)20-12-15-26(17-20)23(27)19-10-8-18(9-11-19)16-25-13-4-1-5-14-25/h2-3,6-11,20H,1,4-5,12-17H2/t20-/m1/s1. The molecule has 0 unspecified atom stereocenters. The average molecular weight is 366 g/mol. The lowest BCUT2D eigenvalue weighted by molar-refractivity contribution is 0.0790. The van der Waals surface area contributed by atoms with Crippen molar-refractivity contribution in [2.75, 3.05) is 26.2 Å². The van der Waals surface area contributed by atoms with Crippen molar-refractivity contribution in [2.45, 2.75) is 38.1 Å². The zero-order valence-corrected chi connectivity index (χ0v) is 15.7. The van der Waals surface area contributed by atoms with E-state index in [1.807, 2.05) is 29.2 Å². The van der Waals surface area contributed by atoms with Crippen LogP contribution in [-0.4, -0.2) is 41.9 Å². The summed E-state index contributed by atoms with van der Waals surface area (Å²) in [6, 6.07) is 14.9. The van der Waals surface area contributed by atoms with Gasteiger partial charge in [0.1, 0.15) is 5.82 Å². The van der Waals surface area contributed by atoms with Crippen LogP contribution in [0.1, 0.15) is 53.1 Å². The van der Waals surface area contributed by atoms with Crippen LogP contribution in [0.3, 0.4) is 0 Å². The number of carbonyl (C=O) groups excluding carboxylic acids is 1. The van der Waals surface area contributed by atoms with Crippen molar-refractivity contribution in [3.8, 4) is 0 Å². The van der Waals surface area contributed by atoms with Gasteiger partial charge in [0, 0.05) is 31.1 Å². The lowest BCUT2D eigenvalue weighted by Gasteiger charge is -2.26. The second kappa shape index (κ2) is 8.22. The van der Waals surface area contributed by atoms with Crippen LogP contribution in [0.25, 0.3) is 0 Å². The molecule has 0 saturated carbocycles. The van der Waals surface area contributed by atoms with E-state index in [4.69, 9.17) is 0 Å². The van der Waals surface area contributed by atoms with E-state index >= 15 is 0 Å². The summed E-state index contributed by atoms with van der Waals surface area (Å²) in [5, 5.41) is 0. The van der Waals surface area contributed by atoms with E-state index in [0.717, 1.165) is 24.1 Å². The van der Waals surface area contributed by atoms with E-state index in [1.165, 1.54) is 44.0 Å². The molecule has 2 saturated heterocycles. The van der Waals surface area contributed by atoms with E-state index in [2.05, 4.69) is 17.0 Å². The third-order valence-electron chi connectivity index (χ3n) is 5.88. The fourth-order valence-corrected chi connectivity index (χ4v) is 4.32. The van der Waals surface area contributed by atoms with Gasteiger partial charge in [0.05, 0.1) is 0 Å². The summed E-state index contributed by atoms with van der Waals surface area (Å²) in [6.45, 7) is 4.59. The van der Waals surface area contributed by atoms with Crippen LogP contribution in [0.2, 0.25) is 0 Å². The van der Waals surface area contributed by atoms with Gasteiger partial charge in [0.15, 0.2) is 0 Å². The molecule has 1 atom stereocenters. The zero-order chi connectivity index (χ0) is 18.6. The first kappa shape index (κ1) is 18.2. The fourth-order valence-electron chi connectivity index (χ4n) is 4.32. The van der Waals surface area contributed by atoms with Gasteiger partial charge in [-0.3, -0.25) is 9.69 Å². The zero-order valence-electron chi connectivity index (χ0n) is 15.7. The molecule has 2 aliphatic rings. The maximum absolute atomic E-state index is 14.0. The molecule has 2 fully saturated rings. The van der Waals surface area contributed by atoms with E-state index in [-0.39, 0.29) is 17.6 Å². The minimum Gasteiger partial charge on any atom is -0.338 e. The number of likely N-dealkylation sites (tertiary alicyclic amines) is 2. The monoisotopic (exact) mass is 366 g/mol. The van der Waals surface area contributed by atoms with Gasteiger partial charge in [-0.2, -0.15) is 0 Å². The Morgan fingerprint density at radius 1 is 0.963 bits per heavy atom. The van der Waals surface area contributed by atoms with Crippen LogP contribution >= 0.6 is 0 Å². The highest BCUT2D eigenvalue weighted by Gasteiger charge is 2.29. The Hall–Kier alpha value is -2.20. The average Bonchev–Trinajstić information content (AvgIpc) is 3.19. The molecular formula is C23H27FN2O. The molecule has 2 aromatic rings. The highest BCUT2D eigenvalue weighted by atomic mass is 19.1. The Morgan fingerprint density at radius 3 is 2.44 bits per heavy atom. The number of hydrogen-bond donors (Lipinski definition) is 0. The Kier molecular flexibility index (Phi) is 5.53.